The minimum absolute atomic E-state index is 0.127. The van der Waals surface area contributed by atoms with Gasteiger partial charge in [-0.25, -0.2) is 9.78 Å². The zero-order valence-electron chi connectivity index (χ0n) is 13.7. The first-order chi connectivity index (χ1) is 11.0. The summed E-state index contributed by atoms with van der Waals surface area (Å²) < 4.78 is 2.01. The fourth-order valence-electron chi connectivity index (χ4n) is 3.25. The zero-order chi connectivity index (χ0) is 16.4. The highest BCUT2D eigenvalue weighted by Crippen LogP contribution is 2.25. The molecular formula is C17H24N4O2. The summed E-state index contributed by atoms with van der Waals surface area (Å²) in [4.78, 5) is 18.4. The number of hydrogen-bond acceptors (Lipinski definition) is 3. The summed E-state index contributed by atoms with van der Waals surface area (Å²) in [6.07, 6.45) is 4.56. The predicted molar refractivity (Wildman–Crippen MR) is 88.1 cm³/mol. The normalized spacial score (nSPS) is 20.8. The number of aliphatic hydroxyl groups excluding tert-OH is 1. The lowest BCUT2D eigenvalue weighted by atomic mass is 10.1. The maximum atomic E-state index is 12.2. The summed E-state index contributed by atoms with van der Waals surface area (Å²) in [5.41, 5.74) is 2.83. The Balaban J connectivity index is 1.56. The molecule has 124 valence electrons. The fraction of sp³-hybridized carbons (Fsp3) is 0.529. The number of nitrogens with zero attached hydrogens (tertiary/aromatic N) is 3. The number of urea groups is 1. The largest absolute Gasteiger partial charge is 0.393 e. The van der Waals surface area contributed by atoms with Gasteiger partial charge in [0.05, 0.1) is 18.3 Å². The van der Waals surface area contributed by atoms with Gasteiger partial charge in [-0.1, -0.05) is 12.5 Å². The van der Waals surface area contributed by atoms with Crippen molar-refractivity contribution in [1.82, 2.24) is 19.6 Å². The fourth-order valence-corrected chi connectivity index (χ4v) is 3.25. The number of pyridine rings is 1. The van der Waals surface area contributed by atoms with Crippen LogP contribution in [0.3, 0.4) is 0 Å². The summed E-state index contributed by atoms with van der Waals surface area (Å²) in [5.74, 6) is 0.198. The number of hydrogen-bond donors (Lipinski definition) is 2. The van der Waals surface area contributed by atoms with E-state index in [0.717, 1.165) is 36.3 Å². The number of aromatic nitrogens is 2. The van der Waals surface area contributed by atoms with Gasteiger partial charge in [0.15, 0.2) is 0 Å². The Bertz CT molecular complexity index is 697. The molecule has 1 saturated carbocycles. The predicted octanol–water partition coefficient (Wildman–Crippen LogP) is 1.95. The van der Waals surface area contributed by atoms with Crippen LogP contribution in [-0.4, -0.2) is 45.1 Å². The molecule has 2 aromatic rings. The minimum Gasteiger partial charge on any atom is -0.393 e. The van der Waals surface area contributed by atoms with Crippen LogP contribution in [0, 0.1) is 12.8 Å². The molecule has 0 aromatic carbocycles. The van der Waals surface area contributed by atoms with Crippen molar-refractivity contribution in [3.05, 3.63) is 35.8 Å². The molecule has 2 N–H and O–H groups in total. The summed E-state index contributed by atoms with van der Waals surface area (Å²) in [7, 11) is 1.77. The maximum Gasteiger partial charge on any atom is 0.317 e. The number of carbonyl (C=O) groups excluding carboxylic acids is 1. The molecule has 0 bridgehead atoms. The zero-order valence-corrected chi connectivity index (χ0v) is 13.7. The van der Waals surface area contributed by atoms with Gasteiger partial charge in [0, 0.05) is 31.4 Å². The molecule has 6 heteroatoms. The van der Waals surface area contributed by atoms with Gasteiger partial charge in [-0.05, 0) is 31.9 Å². The van der Waals surface area contributed by atoms with E-state index in [1.165, 1.54) is 0 Å². The molecule has 0 spiro atoms. The van der Waals surface area contributed by atoms with E-state index in [1.54, 1.807) is 11.9 Å². The van der Waals surface area contributed by atoms with Crippen LogP contribution in [0.25, 0.3) is 5.65 Å². The third kappa shape index (κ3) is 3.47. The van der Waals surface area contributed by atoms with Crippen molar-refractivity contribution in [1.29, 1.82) is 0 Å². The van der Waals surface area contributed by atoms with Crippen LogP contribution >= 0.6 is 0 Å². The van der Waals surface area contributed by atoms with E-state index in [4.69, 9.17) is 0 Å². The summed E-state index contributed by atoms with van der Waals surface area (Å²) >= 11 is 0. The second kappa shape index (κ2) is 6.58. The number of carbonyl (C=O) groups is 1. The van der Waals surface area contributed by atoms with Crippen LogP contribution in [0.15, 0.2) is 24.4 Å². The Morgan fingerprint density at radius 2 is 2.30 bits per heavy atom. The monoisotopic (exact) mass is 316 g/mol. The van der Waals surface area contributed by atoms with Gasteiger partial charge in [0.25, 0.3) is 0 Å². The molecule has 2 aromatic heterocycles. The van der Waals surface area contributed by atoms with Crippen molar-refractivity contribution in [3.63, 3.8) is 0 Å². The Morgan fingerprint density at radius 3 is 3.00 bits per heavy atom. The molecule has 0 saturated heterocycles. The van der Waals surface area contributed by atoms with Gasteiger partial charge < -0.3 is 19.7 Å². The van der Waals surface area contributed by atoms with Crippen LogP contribution in [0.4, 0.5) is 4.79 Å². The first-order valence-electron chi connectivity index (χ1n) is 8.15. The molecule has 3 rings (SSSR count). The van der Waals surface area contributed by atoms with E-state index >= 15 is 0 Å². The number of rotatable bonds is 4. The number of aliphatic hydroxyl groups is 1. The lowest BCUT2D eigenvalue weighted by molar-refractivity contribution is 0.114. The molecule has 6 nitrogen and oxygen atoms in total. The molecular weight excluding hydrogens is 292 g/mol. The lowest BCUT2D eigenvalue weighted by Gasteiger charge is -2.23. The van der Waals surface area contributed by atoms with Crippen LogP contribution < -0.4 is 5.32 Å². The minimum atomic E-state index is -0.272. The van der Waals surface area contributed by atoms with E-state index < -0.39 is 0 Å². The van der Waals surface area contributed by atoms with Crippen molar-refractivity contribution >= 4 is 11.7 Å². The second-order valence-corrected chi connectivity index (χ2v) is 6.43. The van der Waals surface area contributed by atoms with E-state index in [0.29, 0.717) is 13.1 Å². The number of fused-ring (bicyclic) bond motifs is 1. The highest BCUT2D eigenvalue weighted by molar-refractivity contribution is 5.73. The lowest BCUT2D eigenvalue weighted by Crippen LogP contribution is -2.40. The number of imidazole rings is 1. The Labute approximate surface area is 136 Å². The van der Waals surface area contributed by atoms with Crippen LogP contribution in [0.2, 0.25) is 0 Å². The molecule has 2 amide bonds. The molecule has 2 heterocycles. The number of aryl methyl sites for hydroxylation is 1. The molecule has 1 aliphatic rings. The van der Waals surface area contributed by atoms with Crippen molar-refractivity contribution < 1.29 is 9.90 Å². The van der Waals surface area contributed by atoms with Gasteiger partial charge in [-0.3, -0.25) is 0 Å². The number of amides is 2. The first kappa shape index (κ1) is 15.8. The van der Waals surface area contributed by atoms with Crippen LogP contribution in [0.5, 0.6) is 0 Å². The molecule has 2 unspecified atom stereocenters. The van der Waals surface area contributed by atoms with Gasteiger partial charge in [-0.2, -0.15) is 0 Å². The van der Waals surface area contributed by atoms with Crippen LogP contribution in [0.1, 0.15) is 30.7 Å². The Hall–Kier alpha value is -2.08. The molecule has 2 atom stereocenters. The van der Waals surface area contributed by atoms with Gasteiger partial charge in [0.1, 0.15) is 5.65 Å². The molecule has 23 heavy (non-hydrogen) atoms. The maximum absolute atomic E-state index is 12.2. The summed E-state index contributed by atoms with van der Waals surface area (Å²) in [6, 6.07) is 5.82. The first-order valence-corrected chi connectivity index (χ1v) is 8.15. The molecule has 1 aliphatic carbocycles. The molecule has 0 radical (unpaired) electrons. The SMILES string of the molecule is Cc1cccc2nc(CNC(=O)N(C)CC3CCCC3O)cn12. The van der Waals surface area contributed by atoms with Gasteiger partial charge in [-0.15, -0.1) is 0 Å². The van der Waals surface area contributed by atoms with Gasteiger partial charge in [0.2, 0.25) is 0 Å². The highest BCUT2D eigenvalue weighted by Gasteiger charge is 2.27. The third-order valence-electron chi connectivity index (χ3n) is 4.64. The Kier molecular flexibility index (Phi) is 4.52. The van der Waals surface area contributed by atoms with E-state index in [9.17, 15) is 9.90 Å². The quantitative estimate of drug-likeness (QED) is 0.906. The van der Waals surface area contributed by atoms with E-state index in [1.807, 2.05) is 35.7 Å². The van der Waals surface area contributed by atoms with Crippen LogP contribution in [-0.2, 0) is 6.54 Å². The number of nitrogens with one attached hydrogen (secondary N) is 1. The smallest absolute Gasteiger partial charge is 0.317 e. The average Bonchev–Trinajstić information content (AvgIpc) is 3.12. The third-order valence-corrected chi connectivity index (χ3v) is 4.64. The topological polar surface area (TPSA) is 69.9 Å². The molecule has 0 aliphatic heterocycles. The van der Waals surface area contributed by atoms with Crippen molar-refractivity contribution in [2.45, 2.75) is 38.8 Å². The van der Waals surface area contributed by atoms with E-state index in [-0.39, 0.29) is 18.1 Å². The molecule has 1 fully saturated rings. The second-order valence-electron chi connectivity index (χ2n) is 6.43. The highest BCUT2D eigenvalue weighted by atomic mass is 16.3. The average molecular weight is 316 g/mol. The summed E-state index contributed by atoms with van der Waals surface area (Å²) in [6.45, 7) is 3.02. The standard InChI is InChI=1S/C17H24N4O2/c1-12-5-3-8-16-19-14(11-21(12)16)9-18-17(23)20(2)10-13-6-4-7-15(13)22/h3,5,8,11,13,15,22H,4,6-7,9-10H2,1-2H3,(H,18,23). The van der Waals surface area contributed by atoms with Crippen molar-refractivity contribution in [2.75, 3.05) is 13.6 Å². The van der Waals surface area contributed by atoms with Crippen molar-refractivity contribution in [2.24, 2.45) is 5.92 Å². The Morgan fingerprint density at radius 1 is 1.48 bits per heavy atom. The summed E-state index contributed by atoms with van der Waals surface area (Å²) in [5, 5.41) is 12.8. The van der Waals surface area contributed by atoms with E-state index in [2.05, 4.69) is 10.3 Å². The van der Waals surface area contributed by atoms with Gasteiger partial charge >= 0.3 is 6.03 Å². The van der Waals surface area contributed by atoms with Crippen molar-refractivity contribution in [3.8, 4) is 0 Å².